The molecular weight excluding hydrogens is 346 g/mol. The molecule has 0 saturated carbocycles. The lowest BCUT2D eigenvalue weighted by atomic mass is 10.2. The minimum Gasteiger partial charge on any atom is -0.493 e. The van der Waals surface area contributed by atoms with E-state index >= 15 is 0 Å². The number of hydrogen-bond donors (Lipinski definition) is 1. The van der Waals surface area contributed by atoms with Crippen LogP contribution in [0.25, 0.3) is 0 Å². The van der Waals surface area contributed by atoms with Crippen LogP contribution in [0.1, 0.15) is 12.2 Å². The van der Waals surface area contributed by atoms with E-state index in [1.54, 1.807) is 18.4 Å². The Balaban J connectivity index is 1.87. The predicted molar refractivity (Wildman–Crippen MR) is 91.6 cm³/mol. The van der Waals surface area contributed by atoms with Gasteiger partial charge in [0.2, 0.25) is 5.91 Å². The van der Waals surface area contributed by atoms with Crippen molar-refractivity contribution in [2.45, 2.75) is 17.7 Å². The summed E-state index contributed by atoms with van der Waals surface area (Å²) in [5, 5.41) is 2.61. The minimum atomic E-state index is -3.54. The molecule has 1 heterocycles. The van der Waals surface area contributed by atoms with Gasteiger partial charge in [-0.2, -0.15) is 0 Å². The van der Waals surface area contributed by atoms with Crippen molar-refractivity contribution in [1.29, 1.82) is 0 Å². The molecule has 0 fully saturated rings. The Labute approximate surface area is 146 Å². The maximum atomic E-state index is 12.4. The smallest absolute Gasteiger partial charge is 0.220 e. The molecular formula is C17H21NO6S. The van der Waals surface area contributed by atoms with E-state index in [2.05, 4.69) is 5.32 Å². The average molecular weight is 367 g/mol. The zero-order valence-electron chi connectivity index (χ0n) is 14.2. The first-order valence-electron chi connectivity index (χ1n) is 7.70. The van der Waals surface area contributed by atoms with Crippen molar-refractivity contribution in [2.75, 3.05) is 26.5 Å². The van der Waals surface area contributed by atoms with Gasteiger partial charge in [-0.15, -0.1) is 0 Å². The summed E-state index contributed by atoms with van der Waals surface area (Å²) >= 11 is 0. The van der Waals surface area contributed by atoms with Crippen molar-refractivity contribution >= 4 is 15.7 Å². The van der Waals surface area contributed by atoms with Crippen LogP contribution in [0.2, 0.25) is 0 Å². The second-order valence-electron chi connectivity index (χ2n) is 5.26. The number of hydrogen-bond acceptors (Lipinski definition) is 6. The van der Waals surface area contributed by atoms with Crippen molar-refractivity contribution in [3.8, 4) is 11.5 Å². The predicted octanol–water partition coefficient (Wildman–Crippen LogP) is 1.82. The molecule has 1 N–H and O–H groups in total. The first-order valence-corrected chi connectivity index (χ1v) is 9.35. The monoisotopic (exact) mass is 367 g/mol. The zero-order valence-corrected chi connectivity index (χ0v) is 15.0. The highest BCUT2D eigenvalue weighted by atomic mass is 32.2. The Hall–Kier alpha value is -2.48. The van der Waals surface area contributed by atoms with Crippen LogP contribution in [0.15, 0.2) is 45.9 Å². The second kappa shape index (κ2) is 8.57. The first kappa shape index (κ1) is 18.9. The van der Waals surface area contributed by atoms with E-state index < -0.39 is 9.84 Å². The van der Waals surface area contributed by atoms with E-state index in [4.69, 9.17) is 13.9 Å². The van der Waals surface area contributed by atoms with E-state index in [1.807, 2.05) is 0 Å². The quantitative estimate of drug-likeness (QED) is 0.726. The number of aryl methyl sites for hydroxylation is 1. The number of benzene rings is 1. The van der Waals surface area contributed by atoms with Crippen LogP contribution in [0, 0.1) is 0 Å². The summed E-state index contributed by atoms with van der Waals surface area (Å²) in [7, 11) is -0.626. The SMILES string of the molecule is COc1ccc(S(=O)(=O)CCNC(=O)CCc2ccco2)cc1OC. The summed E-state index contributed by atoms with van der Waals surface area (Å²) in [6.07, 6.45) is 2.26. The summed E-state index contributed by atoms with van der Waals surface area (Å²) in [4.78, 5) is 11.9. The Bertz CT molecular complexity index is 799. The molecule has 0 atom stereocenters. The van der Waals surface area contributed by atoms with E-state index in [0.717, 1.165) is 0 Å². The van der Waals surface area contributed by atoms with Crippen LogP contribution >= 0.6 is 0 Å². The van der Waals surface area contributed by atoms with Crippen LogP contribution in [0.3, 0.4) is 0 Å². The van der Waals surface area contributed by atoms with Gasteiger partial charge in [-0.05, 0) is 24.3 Å². The Morgan fingerprint density at radius 3 is 2.56 bits per heavy atom. The molecule has 0 aliphatic rings. The molecule has 1 aromatic heterocycles. The van der Waals surface area contributed by atoms with E-state index in [9.17, 15) is 13.2 Å². The van der Waals surface area contributed by atoms with E-state index in [0.29, 0.717) is 23.7 Å². The van der Waals surface area contributed by atoms with Crippen molar-refractivity contribution < 1.29 is 27.1 Å². The normalized spacial score (nSPS) is 11.1. The topological polar surface area (TPSA) is 94.8 Å². The first-order chi connectivity index (χ1) is 12.0. The van der Waals surface area contributed by atoms with Gasteiger partial charge in [0, 0.05) is 25.5 Å². The van der Waals surface area contributed by atoms with E-state index in [1.165, 1.54) is 32.4 Å². The number of carbonyl (C=O) groups excluding carboxylic acids is 1. The molecule has 1 amide bonds. The summed E-state index contributed by atoms with van der Waals surface area (Å²) in [6.45, 7) is 0.0354. The van der Waals surface area contributed by atoms with Gasteiger partial charge < -0.3 is 19.2 Å². The highest BCUT2D eigenvalue weighted by Gasteiger charge is 2.17. The fourth-order valence-electron chi connectivity index (χ4n) is 2.23. The molecule has 0 aliphatic heterocycles. The standard InChI is InChI=1S/C17H21NO6S/c1-22-15-7-6-14(12-16(15)23-2)25(20,21)11-9-18-17(19)8-5-13-4-3-10-24-13/h3-4,6-7,10,12H,5,8-9,11H2,1-2H3,(H,18,19). The largest absolute Gasteiger partial charge is 0.493 e. The number of ether oxygens (including phenoxy) is 2. The number of sulfone groups is 1. The van der Waals surface area contributed by atoms with Gasteiger partial charge in [0.1, 0.15) is 5.76 Å². The van der Waals surface area contributed by atoms with Crippen LogP contribution in [-0.2, 0) is 21.1 Å². The van der Waals surface area contributed by atoms with Gasteiger partial charge in [-0.1, -0.05) is 0 Å². The molecule has 7 nitrogen and oxygen atoms in total. The molecule has 0 aliphatic carbocycles. The average Bonchev–Trinajstić information content (AvgIpc) is 3.12. The van der Waals surface area contributed by atoms with Gasteiger partial charge >= 0.3 is 0 Å². The van der Waals surface area contributed by atoms with Gasteiger partial charge in [0.15, 0.2) is 21.3 Å². The van der Waals surface area contributed by atoms with Crippen LogP contribution in [0.5, 0.6) is 11.5 Å². The maximum Gasteiger partial charge on any atom is 0.220 e. The number of methoxy groups -OCH3 is 2. The number of nitrogens with one attached hydrogen (secondary N) is 1. The van der Waals surface area contributed by atoms with Crippen molar-refractivity contribution in [2.24, 2.45) is 0 Å². The van der Waals surface area contributed by atoms with Gasteiger partial charge in [0.25, 0.3) is 0 Å². The second-order valence-corrected chi connectivity index (χ2v) is 7.37. The maximum absolute atomic E-state index is 12.4. The van der Waals surface area contributed by atoms with Crippen molar-refractivity contribution in [1.82, 2.24) is 5.32 Å². The molecule has 0 saturated heterocycles. The van der Waals surface area contributed by atoms with Crippen molar-refractivity contribution in [3.05, 3.63) is 42.4 Å². The third kappa shape index (κ3) is 5.25. The third-order valence-corrected chi connectivity index (χ3v) is 5.30. The highest BCUT2D eigenvalue weighted by molar-refractivity contribution is 7.91. The molecule has 0 radical (unpaired) electrons. The van der Waals surface area contributed by atoms with Gasteiger partial charge in [-0.25, -0.2) is 8.42 Å². The molecule has 2 aromatic rings. The fourth-order valence-corrected chi connectivity index (χ4v) is 3.40. The number of carbonyl (C=O) groups is 1. The number of furan rings is 1. The molecule has 0 spiro atoms. The third-order valence-electron chi connectivity index (χ3n) is 3.59. The summed E-state index contributed by atoms with van der Waals surface area (Å²) in [5.41, 5.74) is 0. The molecule has 2 rings (SSSR count). The van der Waals surface area contributed by atoms with Gasteiger partial charge in [0.05, 0.1) is 31.1 Å². The Morgan fingerprint density at radius 1 is 1.16 bits per heavy atom. The van der Waals surface area contributed by atoms with E-state index in [-0.39, 0.29) is 29.5 Å². The molecule has 0 bridgehead atoms. The number of amides is 1. The number of rotatable bonds is 9. The Kier molecular flexibility index (Phi) is 6.46. The van der Waals surface area contributed by atoms with Crippen LogP contribution < -0.4 is 14.8 Å². The van der Waals surface area contributed by atoms with Gasteiger partial charge in [-0.3, -0.25) is 4.79 Å². The molecule has 1 aromatic carbocycles. The summed E-state index contributed by atoms with van der Waals surface area (Å²) in [6, 6.07) is 7.94. The lowest BCUT2D eigenvalue weighted by molar-refractivity contribution is -0.121. The Morgan fingerprint density at radius 2 is 1.92 bits per heavy atom. The lowest BCUT2D eigenvalue weighted by Crippen LogP contribution is -2.29. The van der Waals surface area contributed by atoms with Crippen LogP contribution in [-0.4, -0.2) is 40.8 Å². The summed E-state index contributed by atoms with van der Waals surface area (Å²) in [5.74, 6) is 1.08. The molecule has 0 unspecified atom stereocenters. The molecule has 25 heavy (non-hydrogen) atoms. The molecule has 8 heteroatoms. The zero-order chi connectivity index (χ0) is 18.3. The summed E-state index contributed by atoms with van der Waals surface area (Å²) < 4.78 is 40.1. The fraction of sp³-hybridized carbons (Fsp3) is 0.353. The van der Waals surface area contributed by atoms with Crippen LogP contribution in [0.4, 0.5) is 0 Å². The van der Waals surface area contributed by atoms with Crippen molar-refractivity contribution in [3.63, 3.8) is 0 Å². The molecule has 136 valence electrons. The minimum absolute atomic E-state index is 0.0354. The highest BCUT2D eigenvalue weighted by Crippen LogP contribution is 2.29. The lowest BCUT2D eigenvalue weighted by Gasteiger charge is -2.10.